The summed E-state index contributed by atoms with van der Waals surface area (Å²) < 4.78 is 0. The van der Waals surface area contributed by atoms with E-state index in [1.165, 1.54) is 13.8 Å². The highest BCUT2D eigenvalue weighted by atomic mass is 16.2. The number of rotatable bonds is 9. The molecule has 0 bridgehead atoms. The summed E-state index contributed by atoms with van der Waals surface area (Å²) in [6.45, 7) is 4.83. The lowest BCUT2D eigenvalue weighted by Crippen LogP contribution is -2.34. The Morgan fingerprint density at radius 2 is 1.62 bits per heavy atom. The fourth-order valence-corrected chi connectivity index (χ4v) is 2.27. The van der Waals surface area contributed by atoms with Crippen LogP contribution in [0.5, 0.6) is 0 Å². The minimum absolute atomic E-state index is 0.0203. The molecule has 0 heterocycles. The molecule has 1 aromatic carbocycles. The van der Waals surface area contributed by atoms with Crippen LogP contribution in [0, 0.1) is 0 Å². The smallest absolute Gasteiger partial charge is 0.223 e. The SMILES string of the molecule is CC(=O)c1ccc(N(CCC(=O)NCCCN(C)C)C(C)=O)cc1. The first-order valence-electron chi connectivity index (χ1n) is 8.11. The van der Waals surface area contributed by atoms with Crippen molar-refractivity contribution in [1.82, 2.24) is 10.2 Å². The van der Waals surface area contributed by atoms with Crippen LogP contribution in [0.1, 0.15) is 37.0 Å². The van der Waals surface area contributed by atoms with E-state index < -0.39 is 0 Å². The first-order valence-corrected chi connectivity index (χ1v) is 8.11. The van der Waals surface area contributed by atoms with Crippen molar-refractivity contribution in [2.75, 3.05) is 38.6 Å². The zero-order valence-electron chi connectivity index (χ0n) is 15.0. The maximum atomic E-state index is 11.9. The molecule has 0 atom stereocenters. The normalized spacial score (nSPS) is 10.5. The first-order chi connectivity index (χ1) is 11.3. The zero-order chi connectivity index (χ0) is 18.1. The van der Waals surface area contributed by atoms with Gasteiger partial charge in [0, 0.05) is 37.7 Å². The standard InChI is InChI=1S/C18H27N3O3/c1-14(22)16-6-8-17(9-7-16)21(15(2)23)13-10-18(24)19-11-5-12-20(3)4/h6-9H,5,10-13H2,1-4H3,(H,19,24). The van der Waals surface area contributed by atoms with Crippen LogP contribution in [0.25, 0.3) is 0 Å². The number of Topliss-reactive ketones (excluding diaryl/α,β-unsaturated/α-hetero) is 1. The van der Waals surface area contributed by atoms with Crippen LogP contribution >= 0.6 is 0 Å². The van der Waals surface area contributed by atoms with E-state index in [0.29, 0.717) is 24.3 Å². The molecule has 24 heavy (non-hydrogen) atoms. The van der Waals surface area contributed by atoms with E-state index in [4.69, 9.17) is 0 Å². The van der Waals surface area contributed by atoms with Crippen molar-refractivity contribution in [1.29, 1.82) is 0 Å². The Bertz CT molecular complexity index is 567. The second-order valence-corrected chi connectivity index (χ2v) is 6.03. The van der Waals surface area contributed by atoms with Crippen LogP contribution in [0.3, 0.4) is 0 Å². The Kier molecular flexibility index (Phi) is 8.12. The Morgan fingerprint density at radius 3 is 2.12 bits per heavy atom. The molecule has 0 fully saturated rings. The number of ketones is 1. The van der Waals surface area contributed by atoms with E-state index in [-0.39, 0.29) is 24.0 Å². The third-order valence-electron chi connectivity index (χ3n) is 3.63. The molecule has 6 nitrogen and oxygen atoms in total. The molecule has 0 aromatic heterocycles. The van der Waals surface area contributed by atoms with Crippen LogP contribution in [0.2, 0.25) is 0 Å². The minimum atomic E-state index is -0.133. The average Bonchev–Trinajstić information content (AvgIpc) is 2.51. The van der Waals surface area contributed by atoms with E-state index in [0.717, 1.165) is 13.0 Å². The number of anilines is 1. The Balaban J connectivity index is 2.53. The molecule has 132 valence electrons. The second-order valence-electron chi connectivity index (χ2n) is 6.03. The van der Waals surface area contributed by atoms with Crippen molar-refractivity contribution in [2.24, 2.45) is 0 Å². The summed E-state index contributed by atoms with van der Waals surface area (Å²) in [7, 11) is 3.98. The molecular formula is C18H27N3O3. The van der Waals surface area contributed by atoms with Gasteiger partial charge in [-0.25, -0.2) is 0 Å². The Morgan fingerprint density at radius 1 is 1.00 bits per heavy atom. The van der Waals surface area contributed by atoms with Gasteiger partial charge in [-0.05, 0) is 58.3 Å². The quantitative estimate of drug-likeness (QED) is 0.552. The van der Waals surface area contributed by atoms with E-state index in [2.05, 4.69) is 10.2 Å². The summed E-state index contributed by atoms with van der Waals surface area (Å²) in [5.74, 6) is -0.223. The molecule has 0 saturated carbocycles. The lowest BCUT2D eigenvalue weighted by Gasteiger charge is -2.21. The van der Waals surface area contributed by atoms with Crippen molar-refractivity contribution in [3.63, 3.8) is 0 Å². The van der Waals surface area contributed by atoms with Gasteiger partial charge in [-0.2, -0.15) is 0 Å². The molecule has 1 rings (SSSR count). The predicted molar refractivity (Wildman–Crippen MR) is 95.3 cm³/mol. The number of carbonyl (C=O) groups excluding carboxylic acids is 3. The van der Waals surface area contributed by atoms with Crippen LogP contribution in [-0.2, 0) is 9.59 Å². The summed E-state index contributed by atoms with van der Waals surface area (Å²) in [6.07, 6.45) is 1.14. The number of amides is 2. The maximum absolute atomic E-state index is 11.9. The summed E-state index contributed by atoms with van der Waals surface area (Å²) in [4.78, 5) is 38.6. The molecule has 0 spiro atoms. The highest BCUT2D eigenvalue weighted by Crippen LogP contribution is 2.16. The number of carbonyl (C=O) groups is 3. The van der Waals surface area contributed by atoms with Crippen molar-refractivity contribution >= 4 is 23.3 Å². The topological polar surface area (TPSA) is 69.7 Å². The van der Waals surface area contributed by atoms with Gasteiger partial charge < -0.3 is 15.1 Å². The van der Waals surface area contributed by atoms with Gasteiger partial charge in [0.15, 0.2) is 5.78 Å². The van der Waals surface area contributed by atoms with Crippen molar-refractivity contribution in [3.8, 4) is 0 Å². The summed E-state index contributed by atoms with van der Waals surface area (Å²) in [5, 5.41) is 2.86. The van der Waals surface area contributed by atoms with Gasteiger partial charge in [0.25, 0.3) is 0 Å². The fourth-order valence-electron chi connectivity index (χ4n) is 2.27. The van der Waals surface area contributed by atoms with Gasteiger partial charge >= 0.3 is 0 Å². The largest absolute Gasteiger partial charge is 0.356 e. The summed E-state index contributed by atoms with van der Waals surface area (Å²) in [5.41, 5.74) is 1.29. The minimum Gasteiger partial charge on any atom is -0.356 e. The third-order valence-corrected chi connectivity index (χ3v) is 3.63. The third kappa shape index (κ3) is 6.91. The molecule has 0 saturated heterocycles. The number of nitrogens with zero attached hydrogens (tertiary/aromatic N) is 2. The van der Waals surface area contributed by atoms with Crippen molar-refractivity contribution < 1.29 is 14.4 Å². The van der Waals surface area contributed by atoms with Gasteiger partial charge in [-0.3, -0.25) is 14.4 Å². The zero-order valence-corrected chi connectivity index (χ0v) is 15.0. The van der Waals surface area contributed by atoms with Gasteiger partial charge in [-0.1, -0.05) is 0 Å². The van der Waals surface area contributed by atoms with Gasteiger partial charge in [-0.15, -0.1) is 0 Å². The Hall–Kier alpha value is -2.21. The number of benzene rings is 1. The molecular weight excluding hydrogens is 306 g/mol. The summed E-state index contributed by atoms with van der Waals surface area (Å²) in [6, 6.07) is 6.84. The molecule has 6 heteroatoms. The number of hydrogen-bond donors (Lipinski definition) is 1. The molecule has 0 aliphatic carbocycles. The Labute approximate surface area is 143 Å². The molecule has 0 aliphatic rings. The number of hydrogen-bond acceptors (Lipinski definition) is 4. The highest BCUT2D eigenvalue weighted by molar-refractivity contribution is 5.96. The van der Waals surface area contributed by atoms with Gasteiger partial charge in [0.2, 0.25) is 11.8 Å². The first kappa shape index (κ1) is 19.8. The lowest BCUT2D eigenvalue weighted by atomic mass is 10.1. The van der Waals surface area contributed by atoms with Gasteiger partial charge in [0.1, 0.15) is 0 Å². The van der Waals surface area contributed by atoms with Crippen LogP contribution < -0.4 is 10.2 Å². The van der Waals surface area contributed by atoms with Crippen molar-refractivity contribution in [3.05, 3.63) is 29.8 Å². The molecule has 1 N–H and O–H groups in total. The van der Waals surface area contributed by atoms with Gasteiger partial charge in [0.05, 0.1) is 0 Å². The van der Waals surface area contributed by atoms with E-state index in [9.17, 15) is 14.4 Å². The monoisotopic (exact) mass is 333 g/mol. The average molecular weight is 333 g/mol. The lowest BCUT2D eigenvalue weighted by molar-refractivity contribution is -0.121. The maximum Gasteiger partial charge on any atom is 0.223 e. The van der Waals surface area contributed by atoms with Crippen molar-refractivity contribution in [2.45, 2.75) is 26.7 Å². The second kappa shape index (κ2) is 9.82. The van der Waals surface area contributed by atoms with Crippen LogP contribution in [0.15, 0.2) is 24.3 Å². The summed E-state index contributed by atoms with van der Waals surface area (Å²) >= 11 is 0. The molecule has 0 unspecified atom stereocenters. The van der Waals surface area contributed by atoms with Crippen LogP contribution in [0.4, 0.5) is 5.69 Å². The molecule has 2 amide bonds. The predicted octanol–water partition coefficient (Wildman–Crippen LogP) is 1.70. The molecule has 1 aromatic rings. The number of nitrogens with one attached hydrogen (secondary N) is 1. The van der Waals surface area contributed by atoms with Crippen LogP contribution in [-0.4, -0.2) is 56.2 Å². The van der Waals surface area contributed by atoms with E-state index in [1.54, 1.807) is 29.2 Å². The highest BCUT2D eigenvalue weighted by Gasteiger charge is 2.13. The fraction of sp³-hybridized carbons (Fsp3) is 0.500. The van der Waals surface area contributed by atoms with E-state index in [1.807, 2.05) is 14.1 Å². The molecule has 0 aliphatic heterocycles. The van der Waals surface area contributed by atoms with E-state index >= 15 is 0 Å². The molecule has 0 radical (unpaired) electrons.